The zero-order valence-corrected chi connectivity index (χ0v) is 12.2. The Bertz CT molecular complexity index is 396. The Morgan fingerprint density at radius 3 is 2.78 bits per heavy atom. The number of aliphatic hydroxyl groups excluding tert-OH is 1. The molecule has 1 atom stereocenters. The number of urea groups is 1. The molecule has 0 bridgehead atoms. The van der Waals surface area contributed by atoms with E-state index in [-0.39, 0.29) is 18.1 Å². The minimum Gasteiger partial charge on any atom is -0.393 e. The molecule has 0 saturated heterocycles. The summed E-state index contributed by atoms with van der Waals surface area (Å²) in [6.45, 7) is 4.36. The fourth-order valence-electron chi connectivity index (χ4n) is 1.41. The Balaban J connectivity index is 2.30. The number of aliphatic hydroxyl groups is 1. The molecular weight excluding hydrogens is 296 g/mol. The quantitative estimate of drug-likeness (QED) is 0.782. The van der Waals surface area contributed by atoms with E-state index in [1.54, 1.807) is 0 Å². The van der Waals surface area contributed by atoms with E-state index in [9.17, 15) is 9.90 Å². The van der Waals surface area contributed by atoms with E-state index in [4.69, 9.17) is 0 Å². The van der Waals surface area contributed by atoms with Crippen molar-refractivity contribution >= 4 is 27.6 Å². The first-order valence-electron chi connectivity index (χ1n) is 5.97. The fraction of sp³-hybridized carbons (Fsp3) is 0.462. The lowest BCUT2D eigenvalue weighted by molar-refractivity contribution is 0.117. The third-order valence-corrected chi connectivity index (χ3v) is 3.07. The maximum atomic E-state index is 11.6. The molecule has 4 nitrogen and oxygen atoms in total. The normalized spacial score (nSPS) is 12.3. The molecule has 0 aromatic heterocycles. The zero-order chi connectivity index (χ0) is 13.5. The molecule has 0 aliphatic carbocycles. The van der Waals surface area contributed by atoms with Gasteiger partial charge in [-0.1, -0.05) is 35.8 Å². The molecule has 5 heteroatoms. The number of nitrogens with one attached hydrogen (secondary N) is 2. The summed E-state index contributed by atoms with van der Waals surface area (Å²) in [5, 5.41) is 15.0. The van der Waals surface area contributed by atoms with E-state index >= 15 is 0 Å². The van der Waals surface area contributed by atoms with E-state index in [0.29, 0.717) is 13.0 Å². The molecular formula is C13H19BrN2O2. The van der Waals surface area contributed by atoms with E-state index in [1.165, 1.54) is 0 Å². The number of amides is 2. The van der Waals surface area contributed by atoms with Gasteiger partial charge >= 0.3 is 6.03 Å². The van der Waals surface area contributed by atoms with E-state index in [1.807, 2.05) is 38.1 Å². The summed E-state index contributed by atoms with van der Waals surface area (Å²) in [7, 11) is 0. The number of rotatable bonds is 5. The Labute approximate surface area is 116 Å². The fourth-order valence-corrected chi connectivity index (χ4v) is 1.81. The summed E-state index contributed by atoms with van der Waals surface area (Å²) < 4.78 is 0.913. The van der Waals surface area contributed by atoms with Gasteiger partial charge in [-0.3, -0.25) is 0 Å². The molecule has 2 amide bonds. The monoisotopic (exact) mass is 314 g/mol. The van der Waals surface area contributed by atoms with Crippen LogP contribution in [0.5, 0.6) is 0 Å². The van der Waals surface area contributed by atoms with Gasteiger partial charge in [0.2, 0.25) is 0 Å². The third kappa shape index (κ3) is 5.51. The van der Waals surface area contributed by atoms with Crippen LogP contribution in [0.1, 0.15) is 20.3 Å². The summed E-state index contributed by atoms with van der Waals surface area (Å²) in [5.74, 6) is 0.208. The van der Waals surface area contributed by atoms with E-state index in [0.717, 1.165) is 10.2 Å². The lowest BCUT2D eigenvalue weighted by Gasteiger charge is -2.14. The van der Waals surface area contributed by atoms with Crippen molar-refractivity contribution in [2.45, 2.75) is 26.4 Å². The van der Waals surface area contributed by atoms with Crippen LogP contribution in [0, 0.1) is 5.92 Å². The smallest absolute Gasteiger partial charge is 0.319 e. The van der Waals surface area contributed by atoms with Gasteiger partial charge in [-0.15, -0.1) is 0 Å². The highest BCUT2D eigenvalue weighted by molar-refractivity contribution is 9.10. The van der Waals surface area contributed by atoms with Gasteiger partial charge in [0.05, 0.1) is 6.10 Å². The molecule has 0 spiro atoms. The number of halogens is 1. The third-order valence-electron chi connectivity index (χ3n) is 2.58. The summed E-state index contributed by atoms with van der Waals surface area (Å²) in [6, 6.07) is 7.12. The number of carbonyl (C=O) groups excluding carboxylic acids is 1. The van der Waals surface area contributed by atoms with Crippen molar-refractivity contribution in [3.63, 3.8) is 0 Å². The van der Waals surface area contributed by atoms with Crippen LogP contribution in [0.25, 0.3) is 0 Å². The maximum absolute atomic E-state index is 11.6. The molecule has 0 saturated carbocycles. The van der Waals surface area contributed by atoms with Crippen LogP contribution in [0.3, 0.4) is 0 Å². The minimum absolute atomic E-state index is 0.208. The van der Waals surface area contributed by atoms with Gasteiger partial charge in [-0.05, 0) is 30.5 Å². The largest absolute Gasteiger partial charge is 0.393 e. The molecule has 1 aromatic carbocycles. The van der Waals surface area contributed by atoms with Crippen LogP contribution in [-0.4, -0.2) is 23.8 Å². The summed E-state index contributed by atoms with van der Waals surface area (Å²) in [4.78, 5) is 11.6. The second-order valence-corrected chi connectivity index (χ2v) is 5.41. The van der Waals surface area contributed by atoms with Crippen molar-refractivity contribution in [2.75, 3.05) is 11.9 Å². The van der Waals surface area contributed by atoms with Gasteiger partial charge in [-0.25, -0.2) is 4.79 Å². The van der Waals surface area contributed by atoms with Crippen LogP contribution in [0.15, 0.2) is 28.7 Å². The lowest BCUT2D eigenvalue weighted by Crippen LogP contribution is -2.32. The van der Waals surface area contributed by atoms with Crippen molar-refractivity contribution in [1.82, 2.24) is 5.32 Å². The van der Waals surface area contributed by atoms with Crippen LogP contribution >= 0.6 is 15.9 Å². The Morgan fingerprint density at radius 1 is 1.44 bits per heavy atom. The van der Waals surface area contributed by atoms with E-state index < -0.39 is 0 Å². The molecule has 3 N–H and O–H groups in total. The van der Waals surface area contributed by atoms with Gasteiger partial charge in [0.1, 0.15) is 0 Å². The standard InChI is InChI=1S/C13H19BrN2O2/c1-9(2)12(17)6-7-15-13(18)16-11-5-3-4-10(14)8-11/h3-5,8-9,12,17H,6-7H2,1-2H3,(H2,15,16,18). The average Bonchev–Trinajstić information content (AvgIpc) is 2.28. The van der Waals surface area contributed by atoms with Gasteiger partial charge in [0.15, 0.2) is 0 Å². The summed E-state index contributed by atoms with van der Waals surface area (Å²) in [5.41, 5.74) is 0.728. The van der Waals surface area contributed by atoms with Crippen molar-refractivity contribution in [3.8, 4) is 0 Å². The second-order valence-electron chi connectivity index (χ2n) is 4.49. The van der Waals surface area contributed by atoms with Crippen LogP contribution in [0.4, 0.5) is 10.5 Å². The highest BCUT2D eigenvalue weighted by atomic mass is 79.9. The summed E-state index contributed by atoms with van der Waals surface area (Å²) in [6.07, 6.45) is 0.181. The van der Waals surface area contributed by atoms with E-state index in [2.05, 4.69) is 26.6 Å². The molecule has 0 aliphatic heterocycles. The first-order valence-corrected chi connectivity index (χ1v) is 6.77. The first kappa shape index (κ1) is 15.0. The topological polar surface area (TPSA) is 61.4 Å². The number of hydrogen-bond donors (Lipinski definition) is 3. The maximum Gasteiger partial charge on any atom is 0.319 e. The number of carbonyl (C=O) groups is 1. The highest BCUT2D eigenvalue weighted by Gasteiger charge is 2.09. The molecule has 1 aromatic rings. The molecule has 0 heterocycles. The van der Waals surface area contributed by atoms with Gasteiger partial charge in [-0.2, -0.15) is 0 Å². The van der Waals surface area contributed by atoms with Crippen molar-refractivity contribution in [3.05, 3.63) is 28.7 Å². The van der Waals surface area contributed by atoms with Gasteiger partial charge < -0.3 is 15.7 Å². The zero-order valence-electron chi connectivity index (χ0n) is 10.6. The summed E-state index contributed by atoms with van der Waals surface area (Å²) >= 11 is 3.33. The van der Waals surface area contributed by atoms with Gasteiger partial charge in [0, 0.05) is 16.7 Å². The van der Waals surface area contributed by atoms with Crippen LogP contribution in [0.2, 0.25) is 0 Å². The molecule has 1 unspecified atom stereocenters. The number of anilines is 1. The average molecular weight is 315 g/mol. The Kier molecular flexibility index (Phi) is 6.15. The molecule has 1 rings (SSSR count). The molecule has 0 radical (unpaired) electrons. The highest BCUT2D eigenvalue weighted by Crippen LogP contribution is 2.15. The van der Waals surface area contributed by atoms with Crippen LogP contribution in [-0.2, 0) is 0 Å². The predicted octanol–water partition coefficient (Wildman–Crippen LogP) is 2.98. The van der Waals surface area contributed by atoms with Gasteiger partial charge in [0.25, 0.3) is 0 Å². The predicted molar refractivity (Wildman–Crippen MR) is 76.6 cm³/mol. The Morgan fingerprint density at radius 2 is 2.17 bits per heavy atom. The minimum atomic E-state index is -0.379. The molecule has 18 heavy (non-hydrogen) atoms. The molecule has 100 valence electrons. The molecule has 0 aliphatic rings. The number of hydrogen-bond acceptors (Lipinski definition) is 2. The SMILES string of the molecule is CC(C)C(O)CCNC(=O)Nc1cccc(Br)c1. The number of benzene rings is 1. The molecule has 0 fully saturated rings. The lowest BCUT2D eigenvalue weighted by atomic mass is 10.0. The van der Waals surface area contributed by atoms with Crippen molar-refractivity contribution in [2.24, 2.45) is 5.92 Å². The van der Waals surface area contributed by atoms with Crippen molar-refractivity contribution in [1.29, 1.82) is 0 Å². The van der Waals surface area contributed by atoms with Crippen molar-refractivity contribution < 1.29 is 9.90 Å². The second kappa shape index (κ2) is 7.38. The Hall–Kier alpha value is -1.07. The first-order chi connectivity index (χ1) is 8.49. The van der Waals surface area contributed by atoms with Crippen LogP contribution < -0.4 is 10.6 Å².